The molecule has 4 rings (SSSR count). The van der Waals surface area contributed by atoms with Crippen molar-refractivity contribution < 1.29 is 32.3 Å². The van der Waals surface area contributed by atoms with Gasteiger partial charge in [-0.2, -0.15) is 18.2 Å². The molecule has 2 fully saturated rings. The van der Waals surface area contributed by atoms with E-state index in [1.54, 1.807) is 23.2 Å². The van der Waals surface area contributed by atoms with Gasteiger partial charge in [0.1, 0.15) is 12.2 Å². The van der Waals surface area contributed by atoms with Crippen molar-refractivity contribution in [1.29, 1.82) is 0 Å². The predicted molar refractivity (Wildman–Crippen MR) is 124 cm³/mol. The lowest BCUT2D eigenvalue weighted by Gasteiger charge is -2.30. The lowest BCUT2D eigenvalue weighted by Crippen LogP contribution is -2.77. The van der Waals surface area contributed by atoms with Crippen molar-refractivity contribution in [3.63, 3.8) is 0 Å². The summed E-state index contributed by atoms with van der Waals surface area (Å²) in [6.07, 6.45) is -1.16. The van der Waals surface area contributed by atoms with Gasteiger partial charge in [-0.3, -0.25) is 9.69 Å². The summed E-state index contributed by atoms with van der Waals surface area (Å²) in [6, 6.07) is 3.20. The first-order valence-electron chi connectivity index (χ1n) is 11.6. The van der Waals surface area contributed by atoms with Gasteiger partial charge < -0.3 is 14.3 Å². The van der Waals surface area contributed by atoms with Gasteiger partial charge in [-0.15, -0.1) is 11.3 Å². The minimum Gasteiger partial charge on any atom is -0.351 e. The molecule has 12 heteroatoms. The molecule has 0 aromatic carbocycles. The van der Waals surface area contributed by atoms with Gasteiger partial charge >= 0.3 is 12.1 Å². The smallest absolute Gasteiger partial charge is 0.351 e. The van der Waals surface area contributed by atoms with Crippen LogP contribution < -0.4 is 4.99 Å². The molecule has 1 N–H and O–H groups in total. The van der Waals surface area contributed by atoms with E-state index in [0.29, 0.717) is 29.4 Å². The zero-order valence-electron chi connectivity index (χ0n) is 19.7. The molecule has 2 saturated heterocycles. The van der Waals surface area contributed by atoms with Crippen molar-refractivity contribution in [3.05, 3.63) is 28.3 Å². The van der Waals surface area contributed by atoms with Crippen molar-refractivity contribution in [2.75, 3.05) is 52.9 Å². The number of piperidine rings is 1. The fourth-order valence-electron chi connectivity index (χ4n) is 4.36. The van der Waals surface area contributed by atoms with Crippen LogP contribution in [-0.2, 0) is 11.0 Å². The van der Waals surface area contributed by atoms with E-state index >= 15 is 0 Å². The molecule has 0 saturated carbocycles. The van der Waals surface area contributed by atoms with Crippen LogP contribution in [-0.4, -0.2) is 90.7 Å². The molecule has 2 aliphatic rings. The number of hydrogen-bond donors (Lipinski definition) is 1. The summed E-state index contributed by atoms with van der Waals surface area (Å²) in [5.74, 6) is -1.32. The van der Waals surface area contributed by atoms with Gasteiger partial charge in [-0.25, -0.2) is 4.79 Å². The van der Waals surface area contributed by atoms with Crippen molar-refractivity contribution in [2.24, 2.45) is 5.92 Å². The molecule has 0 spiro atoms. The fraction of sp³-hybridized carbons (Fsp3) is 0.565. The summed E-state index contributed by atoms with van der Waals surface area (Å²) in [5.41, 5.74) is -0.00686. The maximum Gasteiger partial charge on any atom is 0.452 e. The number of carbonyl (C=O) groups is 2. The second kappa shape index (κ2) is 10.6. The highest BCUT2D eigenvalue weighted by molar-refractivity contribution is 7.17. The number of nitrogens with zero attached hydrogens (tertiary/aromatic N) is 4. The molecule has 8 nitrogen and oxygen atoms in total. The predicted octanol–water partition coefficient (Wildman–Crippen LogP) is 1.51. The summed E-state index contributed by atoms with van der Waals surface area (Å²) < 4.78 is 43.5. The van der Waals surface area contributed by atoms with Crippen LogP contribution in [0.4, 0.5) is 13.2 Å². The largest absolute Gasteiger partial charge is 0.452 e. The highest BCUT2D eigenvalue weighted by atomic mass is 32.1. The lowest BCUT2D eigenvalue weighted by molar-refractivity contribution is -0.376. The van der Waals surface area contributed by atoms with Crippen molar-refractivity contribution >= 4 is 29.4 Å². The number of amides is 2. The first-order valence-corrected chi connectivity index (χ1v) is 12.4. The highest BCUT2D eigenvalue weighted by Crippen LogP contribution is 2.38. The standard InChI is InChI=1S/C23H28F3N5O3S/c1-15-20(28-34-21(15)23(24,25)26)17-5-6-18(35-17)22(33)31-7-3-4-16(13-31)12-27-19(32)14-30-10-8-29(2)9-11-30/h5-6,12,16H,3-4,7-11,13-14H2,1-2H3/p+1. The zero-order valence-corrected chi connectivity index (χ0v) is 20.5. The van der Waals surface area contributed by atoms with Gasteiger partial charge in [0.25, 0.3) is 5.91 Å². The monoisotopic (exact) mass is 512 g/mol. The van der Waals surface area contributed by atoms with E-state index in [0.717, 1.165) is 50.4 Å². The maximum absolute atomic E-state index is 13.1. The Morgan fingerprint density at radius 1 is 1.23 bits per heavy atom. The summed E-state index contributed by atoms with van der Waals surface area (Å²) in [6.45, 7) is 6.35. The number of piperazine rings is 1. The molecule has 190 valence electrons. The molecule has 2 aromatic rings. The Morgan fingerprint density at radius 3 is 2.66 bits per heavy atom. The van der Waals surface area contributed by atoms with E-state index < -0.39 is 11.9 Å². The zero-order chi connectivity index (χ0) is 25.2. The van der Waals surface area contributed by atoms with E-state index in [1.165, 1.54) is 6.92 Å². The molecule has 2 amide bonds. The average molecular weight is 513 g/mol. The fourth-order valence-corrected chi connectivity index (χ4v) is 5.37. The van der Waals surface area contributed by atoms with E-state index in [9.17, 15) is 22.8 Å². The van der Waals surface area contributed by atoms with Gasteiger partial charge in [0, 0.05) is 44.8 Å². The van der Waals surface area contributed by atoms with Crippen molar-refractivity contribution in [2.45, 2.75) is 25.9 Å². The number of nitrogens with one attached hydrogen (secondary N) is 1. The number of carbonyl (C=O) groups excluding carboxylic acids is 2. The summed E-state index contributed by atoms with van der Waals surface area (Å²) in [7, 11) is 2.07. The second-order valence-electron chi connectivity index (χ2n) is 9.11. The number of hydrogen-bond acceptors (Lipinski definition) is 7. The second-order valence-corrected chi connectivity index (χ2v) is 10.2. The van der Waals surface area contributed by atoms with Crippen LogP contribution in [0.25, 0.3) is 10.6 Å². The minimum atomic E-state index is -4.62. The molecule has 4 heterocycles. The molecule has 0 aliphatic carbocycles. The first-order chi connectivity index (χ1) is 16.6. The third-order valence-electron chi connectivity index (χ3n) is 6.42. The molecular formula is C23H29F3N5O3S+. The van der Waals surface area contributed by atoms with Crippen LogP contribution in [0.15, 0.2) is 16.7 Å². The highest BCUT2D eigenvalue weighted by Gasteiger charge is 2.39. The van der Waals surface area contributed by atoms with Crippen LogP contribution >= 0.6 is 11.3 Å². The third-order valence-corrected chi connectivity index (χ3v) is 7.50. The Hall–Kier alpha value is -2.57. The Morgan fingerprint density at radius 2 is 1.97 bits per heavy atom. The SMILES string of the molecule is Cc1c(-c2ccc(C(=O)N3CCCC(C=[NH+]C(=O)CN4CCN(C)CC4)C3)s2)noc1C(F)(F)F. The number of aromatic nitrogens is 1. The number of rotatable bonds is 5. The Balaban J connectivity index is 1.35. The van der Waals surface area contributed by atoms with E-state index in [2.05, 4.69) is 31.5 Å². The number of likely N-dealkylation sites (N-methyl/N-ethyl adjacent to an activating group) is 1. The first kappa shape index (κ1) is 25.5. The molecule has 0 radical (unpaired) electrons. The Labute approximate surface area is 205 Å². The van der Waals surface area contributed by atoms with Gasteiger partial charge in [-0.1, -0.05) is 5.16 Å². The normalized spacial score (nSPS) is 20.6. The molecule has 1 unspecified atom stereocenters. The quantitative estimate of drug-likeness (QED) is 0.612. The van der Waals surface area contributed by atoms with Crippen molar-refractivity contribution in [1.82, 2.24) is 19.9 Å². The maximum atomic E-state index is 13.1. The Kier molecular flexibility index (Phi) is 7.72. The van der Waals surface area contributed by atoms with Gasteiger partial charge in [0.15, 0.2) is 6.21 Å². The molecule has 35 heavy (non-hydrogen) atoms. The molecule has 2 aromatic heterocycles. The lowest BCUT2D eigenvalue weighted by atomic mass is 9.99. The third kappa shape index (κ3) is 6.17. The number of thiophene rings is 1. The van der Waals surface area contributed by atoms with Crippen LogP contribution in [0.1, 0.15) is 33.8 Å². The van der Waals surface area contributed by atoms with E-state index in [4.69, 9.17) is 0 Å². The molecule has 0 bridgehead atoms. The molecular weight excluding hydrogens is 483 g/mol. The van der Waals surface area contributed by atoms with Gasteiger partial charge in [-0.05, 0) is 38.9 Å². The summed E-state index contributed by atoms with van der Waals surface area (Å²) >= 11 is 1.09. The van der Waals surface area contributed by atoms with Gasteiger partial charge in [0.2, 0.25) is 5.76 Å². The number of halogens is 3. The number of alkyl halides is 3. The van der Waals surface area contributed by atoms with Crippen LogP contribution in [0, 0.1) is 12.8 Å². The van der Waals surface area contributed by atoms with E-state index in [1.807, 2.05) is 0 Å². The average Bonchev–Trinajstić information content (AvgIpc) is 3.45. The topological polar surface area (TPSA) is 83.9 Å². The van der Waals surface area contributed by atoms with Gasteiger partial charge in [0.05, 0.1) is 15.7 Å². The summed E-state index contributed by atoms with van der Waals surface area (Å²) in [4.78, 5) is 35.3. The summed E-state index contributed by atoms with van der Waals surface area (Å²) in [5, 5.41) is 3.58. The van der Waals surface area contributed by atoms with E-state index in [-0.39, 0.29) is 29.0 Å². The minimum absolute atomic E-state index is 0.0377. The number of likely N-dealkylation sites (tertiary alicyclic amines) is 1. The van der Waals surface area contributed by atoms with Crippen LogP contribution in [0.3, 0.4) is 0 Å². The Bertz CT molecular complexity index is 1090. The molecule has 2 aliphatic heterocycles. The molecule has 1 atom stereocenters. The van der Waals surface area contributed by atoms with Crippen LogP contribution in [0.5, 0.6) is 0 Å². The van der Waals surface area contributed by atoms with Crippen molar-refractivity contribution in [3.8, 4) is 10.6 Å². The van der Waals surface area contributed by atoms with Crippen LogP contribution in [0.2, 0.25) is 0 Å².